The molecular weight excluding hydrogens is 251 g/mol. The van der Waals surface area contributed by atoms with E-state index in [1.807, 2.05) is 0 Å². The number of fused-ring (bicyclic) bond motifs is 5. The van der Waals surface area contributed by atoms with Crippen LogP contribution in [0.25, 0.3) is 43.8 Å². The molecule has 1 aliphatic carbocycles. The van der Waals surface area contributed by atoms with E-state index >= 15 is 0 Å². The lowest BCUT2D eigenvalue weighted by Gasteiger charge is -2.12. The zero-order valence-electron chi connectivity index (χ0n) is 11.4. The summed E-state index contributed by atoms with van der Waals surface area (Å²) in [6.07, 6.45) is 0. The summed E-state index contributed by atoms with van der Waals surface area (Å²) in [6.45, 7) is 0. The van der Waals surface area contributed by atoms with Crippen LogP contribution in [-0.4, -0.2) is 7.85 Å². The average molecular weight is 262 g/mol. The minimum Gasteiger partial charge on any atom is -0.0812 e. The van der Waals surface area contributed by atoms with E-state index < -0.39 is 0 Å². The van der Waals surface area contributed by atoms with Crippen molar-refractivity contribution >= 4 is 34.9 Å². The number of benzene rings is 4. The molecule has 4 aromatic rings. The lowest BCUT2D eigenvalue weighted by atomic mass is 9.82. The predicted octanol–water partition coefficient (Wildman–Crippen LogP) is 4.43. The van der Waals surface area contributed by atoms with Gasteiger partial charge < -0.3 is 0 Å². The van der Waals surface area contributed by atoms with E-state index in [2.05, 4.69) is 66.7 Å². The summed E-state index contributed by atoms with van der Waals surface area (Å²) in [5.41, 5.74) is 6.16. The Hall–Kier alpha value is -2.54. The second kappa shape index (κ2) is 3.76. The van der Waals surface area contributed by atoms with Crippen LogP contribution in [0.1, 0.15) is 0 Å². The second-order valence-corrected chi connectivity index (χ2v) is 5.61. The fourth-order valence-electron chi connectivity index (χ4n) is 3.70. The van der Waals surface area contributed by atoms with Gasteiger partial charge in [0.15, 0.2) is 0 Å². The third kappa shape index (κ3) is 1.26. The van der Waals surface area contributed by atoms with Crippen molar-refractivity contribution in [1.29, 1.82) is 0 Å². The molecule has 2 radical (unpaired) electrons. The lowest BCUT2D eigenvalue weighted by molar-refractivity contribution is 1.70. The molecule has 0 nitrogen and oxygen atoms in total. The number of hydrogen-bond donors (Lipinski definition) is 0. The molecule has 0 N–H and O–H groups in total. The maximum Gasteiger partial charge on any atom is 0.115 e. The molecule has 94 valence electrons. The van der Waals surface area contributed by atoms with Crippen LogP contribution in [-0.2, 0) is 0 Å². The quantitative estimate of drug-likeness (QED) is 0.286. The van der Waals surface area contributed by atoms with Crippen LogP contribution < -0.4 is 5.46 Å². The Morgan fingerprint density at radius 1 is 0.524 bits per heavy atom. The highest BCUT2D eigenvalue weighted by Gasteiger charge is 2.23. The third-order valence-electron chi connectivity index (χ3n) is 4.58. The number of hydrogen-bond acceptors (Lipinski definition) is 0. The van der Waals surface area contributed by atoms with Gasteiger partial charge in [0.05, 0.1) is 0 Å². The van der Waals surface area contributed by atoms with Crippen LogP contribution in [0.15, 0.2) is 66.7 Å². The van der Waals surface area contributed by atoms with Crippen LogP contribution in [0.4, 0.5) is 0 Å². The fraction of sp³-hybridized carbons (Fsp3) is 0. The molecule has 0 heterocycles. The maximum absolute atomic E-state index is 6.46. The molecule has 0 bridgehead atoms. The highest BCUT2D eigenvalue weighted by Crippen LogP contribution is 2.49. The van der Waals surface area contributed by atoms with Gasteiger partial charge in [0.1, 0.15) is 7.85 Å². The molecule has 0 spiro atoms. The summed E-state index contributed by atoms with van der Waals surface area (Å²) in [7, 11) is 6.46. The van der Waals surface area contributed by atoms with E-state index in [-0.39, 0.29) is 0 Å². The van der Waals surface area contributed by atoms with Crippen molar-refractivity contribution in [2.45, 2.75) is 0 Å². The Morgan fingerprint density at radius 3 is 2.00 bits per heavy atom. The summed E-state index contributed by atoms with van der Waals surface area (Å²) in [4.78, 5) is 0. The first-order chi connectivity index (χ1) is 10.4. The molecule has 21 heavy (non-hydrogen) atoms. The van der Waals surface area contributed by atoms with Gasteiger partial charge in [-0.05, 0) is 43.8 Å². The first-order valence-corrected chi connectivity index (χ1v) is 7.19. The van der Waals surface area contributed by atoms with Gasteiger partial charge in [-0.1, -0.05) is 72.2 Å². The minimum atomic E-state index is 0.888. The molecule has 1 aliphatic rings. The summed E-state index contributed by atoms with van der Waals surface area (Å²) >= 11 is 0. The monoisotopic (exact) mass is 262 g/mol. The first kappa shape index (κ1) is 11.2. The van der Waals surface area contributed by atoms with Crippen molar-refractivity contribution in [3.63, 3.8) is 0 Å². The van der Waals surface area contributed by atoms with Crippen LogP contribution in [0.2, 0.25) is 0 Å². The molecule has 0 saturated carbocycles. The average Bonchev–Trinajstić information content (AvgIpc) is 2.88. The van der Waals surface area contributed by atoms with Crippen molar-refractivity contribution < 1.29 is 0 Å². The van der Waals surface area contributed by atoms with Crippen LogP contribution in [0.5, 0.6) is 0 Å². The van der Waals surface area contributed by atoms with E-state index in [1.54, 1.807) is 0 Å². The Kier molecular flexibility index (Phi) is 2.00. The Balaban J connectivity index is 2.18. The van der Waals surface area contributed by atoms with Gasteiger partial charge in [-0.2, -0.15) is 0 Å². The lowest BCUT2D eigenvalue weighted by Crippen LogP contribution is -2.06. The third-order valence-corrected chi connectivity index (χ3v) is 4.58. The van der Waals surface area contributed by atoms with Gasteiger partial charge in [-0.25, -0.2) is 0 Å². The number of rotatable bonds is 0. The molecule has 0 aromatic heterocycles. The minimum absolute atomic E-state index is 0.888. The Labute approximate surface area is 124 Å². The summed E-state index contributed by atoms with van der Waals surface area (Å²) < 4.78 is 0. The van der Waals surface area contributed by atoms with Gasteiger partial charge in [-0.3, -0.25) is 0 Å². The summed E-state index contributed by atoms with van der Waals surface area (Å²) in [5, 5.41) is 4.86. The normalized spacial score (nSPS) is 12.0. The first-order valence-electron chi connectivity index (χ1n) is 7.19. The molecular formula is C20H11B. The smallest absolute Gasteiger partial charge is 0.0812 e. The van der Waals surface area contributed by atoms with E-state index in [9.17, 15) is 0 Å². The zero-order valence-corrected chi connectivity index (χ0v) is 11.4. The van der Waals surface area contributed by atoms with Crippen LogP contribution in [0, 0.1) is 0 Å². The molecule has 0 aliphatic heterocycles. The molecule has 0 amide bonds. The highest BCUT2D eigenvalue weighted by atomic mass is 14.3. The standard InChI is InChI=1S/C20H11B/c21-20-16-9-4-3-8-15(16)18-13-7-2-1-6-12(13)14-10-5-11-17(20)19(14)18/h1-11H. The van der Waals surface area contributed by atoms with E-state index in [0.717, 1.165) is 16.2 Å². The molecule has 0 fully saturated rings. The van der Waals surface area contributed by atoms with Crippen molar-refractivity contribution in [3.8, 4) is 22.3 Å². The van der Waals surface area contributed by atoms with Crippen molar-refractivity contribution in [1.82, 2.24) is 0 Å². The molecule has 1 heteroatoms. The van der Waals surface area contributed by atoms with Gasteiger partial charge in [0, 0.05) is 0 Å². The van der Waals surface area contributed by atoms with Crippen LogP contribution in [0.3, 0.4) is 0 Å². The second-order valence-electron chi connectivity index (χ2n) is 5.61. The molecule has 4 aromatic carbocycles. The zero-order chi connectivity index (χ0) is 14.0. The summed E-state index contributed by atoms with van der Waals surface area (Å²) in [6, 6.07) is 23.5. The van der Waals surface area contributed by atoms with Crippen molar-refractivity contribution in [2.24, 2.45) is 0 Å². The van der Waals surface area contributed by atoms with E-state index in [4.69, 9.17) is 7.85 Å². The van der Waals surface area contributed by atoms with Gasteiger partial charge in [0.2, 0.25) is 0 Å². The largest absolute Gasteiger partial charge is 0.115 e. The molecule has 0 unspecified atom stereocenters. The molecule has 5 rings (SSSR count). The maximum atomic E-state index is 6.46. The SMILES string of the molecule is [B]c1c2ccccc2c2c3c(cccc13)-c1ccccc1-2. The fourth-order valence-corrected chi connectivity index (χ4v) is 3.70. The molecule has 0 atom stereocenters. The summed E-state index contributed by atoms with van der Waals surface area (Å²) in [5.74, 6) is 0. The molecule has 0 saturated heterocycles. The van der Waals surface area contributed by atoms with Gasteiger partial charge in [0.25, 0.3) is 0 Å². The Morgan fingerprint density at radius 2 is 1.14 bits per heavy atom. The van der Waals surface area contributed by atoms with Crippen molar-refractivity contribution in [3.05, 3.63) is 66.7 Å². The van der Waals surface area contributed by atoms with Gasteiger partial charge >= 0.3 is 0 Å². The van der Waals surface area contributed by atoms with E-state index in [0.29, 0.717) is 0 Å². The topological polar surface area (TPSA) is 0 Å². The van der Waals surface area contributed by atoms with Crippen molar-refractivity contribution in [2.75, 3.05) is 0 Å². The Bertz CT molecular complexity index is 1040. The van der Waals surface area contributed by atoms with Gasteiger partial charge in [-0.15, -0.1) is 0 Å². The van der Waals surface area contributed by atoms with E-state index in [1.165, 1.54) is 33.0 Å². The van der Waals surface area contributed by atoms with Crippen LogP contribution >= 0.6 is 0 Å². The highest BCUT2D eigenvalue weighted by molar-refractivity contribution is 6.48. The predicted molar refractivity (Wildman–Crippen MR) is 91.3 cm³/mol.